The van der Waals surface area contributed by atoms with Crippen molar-refractivity contribution >= 4 is 17.9 Å². The van der Waals surface area contributed by atoms with E-state index in [1.54, 1.807) is 0 Å². The lowest BCUT2D eigenvalue weighted by Crippen LogP contribution is -2.74. The van der Waals surface area contributed by atoms with Crippen LogP contribution in [0.5, 0.6) is 0 Å². The van der Waals surface area contributed by atoms with E-state index in [0.717, 1.165) is 31.3 Å². The minimum Gasteiger partial charge on any atom is -0.458 e. The minimum atomic E-state index is -1.14. The third kappa shape index (κ3) is 4.31. The summed E-state index contributed by atoms with van der Waals surface area (Å²) in [4.78, 5) is 37.8. The van der Waals surface area contributed by atoms with Gasteiger partial charge in [0.1, 0.15) is 18.3 Å². The van der Waals surface area contributed by atoms with Crippen LogP contribution in [0.15, 0.2) is 11.6 Å². The molecule has 0 amide bonds. The van der Waals surface area contributed by atoms with Gasteiger partial charge in [0.25, 0.3) is 0 Å². The topological polar surface area (TPSA) is 99.1 Å². The molecule has 0 bridgehead atoms. The number of rotatable bonds is 6. The highest BCUT2D eigenvalue weighted by Gasteiger charge is 2.74. The number of hydrogen-bond acceptors (Lipinski definition) is 7. The second-order valence-electron chi connectivity index (χ2n) is 13.2. The normalized spacial score (nSPS) is 44.4. The van der Waals surface area contributed by atoms with Crippen molar-refractivity contribution < 1.29 is 33.7 Å². The number of aliphatic hydroxyl groups is 1. The first-order chi connectivity index (χ1) is 17.5. The van der Waals surface area contributed by atoms with E-state index in [0.29, 0.717) is 0 Å². The van der Waals surface area contributed by atoms with Gasteiger partial charge in [0.15, 0.2) is 0 Å². The van der Waals surface area contributed by atoms with Gasteiger partial charge in [0.05, 0.1) is 5.60 Å². The lowest BCUT2D eigenvalue weighted by molar-refractivity contribution is -0.300. The molecule has 0 aliphatic heterocycles. The highest BCUT2D eigenvalue weighted by Crippen LogP contribution is 2.72. The fourth-order valence-corrected chi connectivity index (χ4v) is 9.82. The average molecular weight is 535 g/mol. The van der Waals surface area contributed by atoms with E-state index in [-0.39, 0.29) is 29.1 Å². The molecule has 10 unspecified atom stereocenters. The third-order valence-electron chi connectivity index (χ3n) is 11.2. The monoisotopic (exact) mass is 534 g/mol. The van der Waals surface area contributed by atoms with Crippen molar-refractivity contribution in [3.05, 3.63) is 11.6 Å². The van der Waals surface area contributed by atoms with Crippen LogP contribution < -0.4 is 0 Å². The minimum absolute atomic E-state index is 0.133. The summed E-state index contributed by atoms with van der Waals surface area (Å²) in [6.45, 7) is 20.9. The van der Waals surface area contributed by atoms with Crippen molar-refractivity contribution in [2.24, 2.45) is 39.9 Å². The summed E-state index contributed by atoms with van der Waals surface area (Å²) in [6.07, 6.45) is 2.96. The standard InChI is InChI=1S/C31H50O7/c1-12-22-28(9)15-14-23-29(10,24(36-19(6)32)16-18(5)30(23,11)35)26(28)25(37-20(7)33)27(38-21(8)34)31(22,13-2)17(3)4/h16-17,22-27,35H,12-15H2,1-11H3. The summed E-state index contributed by atoms with van der Waals surface area (Å²) >= 11 is 0. The fourth-order valence-electron chi connectivity index (χ4n) is 9.82. The van der Waals surface area contributed by atoms with Gasteiger partial charge in [-0.1, -0.05) is 48.0 Å². The van der Waals surface area contributed by atoms with Gasteiger partial charge in [-0.05, 0) is 62.0 Å². The Morgan fingerprint density at radius 3 is 2.00 bits per heavy atom. The summed E-state index contributed by atoms with van der Waals surface area (Å²) in [5, 5.41) is 11.9. The quantitative estimate of drug-likeness (QED) is 0.268. The Balaban J connectivity index is 2.43. The first kappa shape index (κ1) is 30.6. The molecule has 10 atom stereocenters. The number of ether oxygens (including phenoxy) is 3. The van der Waals surface area contributed by atoms with Gasteiger partial charge in [-0.2, -0.15) is 0 Å². The van der Waals surface area contributed by atoms with E-state index >= 15 is 0 Å². The van der Waals surface area contributed by atoms with Gasteiger partial charge in [-0.15, -0.1) is 0 Å². The first-order valence-corrected chi connectivity index (χ1v) is 14.4. The predicted molar refractivity (Wildman–Crippen MR) is 145 cm³/mol. The van der Waals surface area contributed by atoms with Crippen molar-refractivity contribution in [3.63, 3.8) is 0 Å². The van der Waals surface area contributed by atoms with E-state index in [1.807, 2.05) is 19.9 Å². The summed E-state index contributed by atoms with van der Waals surface area (Å²) in [6, 6.07) is 0. The van der Waals surface area contributed by atoms with Crippen LogP contribution >= 0.6 is 0 Å². The molecule has 1 N–H and O–H groups in total. The molecule has 0 heterocycles. The number of fused-ring (bicyclic) bond motifs is 3. The molecule has 0 aromatic heterocycles. The largest absolute Gasteiger partial charge is 0.458 e. The molecule has 2 fully saturated rings. The molecular formula is C31H50O7. The second kappa shape index (κ2) is 10.3. The molecule has 0 saturated heterocycles. The maximum atomic E-state index is 12.7. The highest BCUT2D eigenvalue weighted by atomic mass is 16.6. The summed E-state index contributed by atoms with van der Waals surface area (Å²) in [7, 11) is 0. The first-order valence-electron chi connectivity index (χ1n) is 14.4. The summed E-state index contributed by atoms with van der Waals surface area (Å²) < 4.78 is 18.5. The number of hydrogen-bond donors (Lipinski definition) is 1. The predicted octanol–water partition coefficient (Wildman–Crippen LogP) is 5.62. The molecule has 38 heavy (non-hydrogen) atoms. The fraction of sp³-hybridized carbons (Fsp3) is 0.839. The zero-order chi connectivity index (χ0) is 29.0. The lowest BCUT2D eigenvalue weighted by Gasteiger charge is -2.71. The van der Waals surface area contributed by atoms with Crippen LogP contribution in [0.3, 0.4) is 0 Å². The zero-order valence-electron chi connectivity index (χ0n) is 25.3. The van der Waals surface area contributed by atoms with Crippen LogP contribution in [0.2, 0.25) is 0 Å². The van der Waals surface area contributed by atoms with Crippen LogP contribution in [0.1, 0.15) is 102 Å². The van der Waals surface area contributed by atoms with Crippen molar-refractivity contribution in [1.82, 2.24) is 0 Å². The Bertz CT molecular complexity index is 983. The molecule has 0 radical (unpaired) electrons. The molecule has 7 nitrogen and oxygen atoms in total. The van der Waals surface area contributed by atoms with E-state index in [9.17, 15) is 19.5 Å². The van der Waals surface area contributed by atoms with Crippen molar-refractivity contribution in [3.8, 4) is 0 Å². The average Bonchev–Trinajstić information content (AvgIpc) is 2.77. The van der Waals surface area contributed by atoms with Crippen LogP contribution in [-0.2, 0) is 28.6 Å². The Labute approximate surface area is 229 Å². The molecule has 3 aliphatic carbocycles. The molecule has 2 saturated carbocycles. The lowest BCUT2D eigenvalue weighted by atomic mass is 9.35. The van der Waals surface area contributed by atoms with E-state index in [4.69, 9.17) is 14.2 Å². The van der Waals surface area contributed by atoms with E-state index in [1.165, 1.54) is 20.8 Å². The zero-order valence-corrected chi connectivity index (χ0v) is 25.3. The number of carbonyl (C=O) groups is 3. The summed E-state index contributed by atoms with van der Waals surface area (Å²) in [5.74, 6) is -1.58. The highest BCUT2D eigenvalue weighted by molar-refractivity contribution is 5.68. The van der Waals surface area contributed by atoms with Gasteiger partial charge in [-0.3, -0.25) is 14.4 Å². The van der Waals surface area contributed by atoms with Crippen molar-refractivity contribution in [2.75, 3.05) is 0 Å². The molecule has 216 valence electrons. The molecule has 0 spiro atoms. The number of esters is 3. The van der Waals surface area contributed by atoms with Gasteiger partial charge < -0.3 is 19.3 Å². The van der Waals surface area contributed by atoms with Crippen molar-refractivity contribution in [1.29, 1.82) is 0 Å². The van der Waals surface area contributed by atoms with Crippen LogP contribution in [0.25, 0.3) is 0 Å². The van der Waals surface area contributed by atoms with E-state index in [2.05, 4.69) is 41.5 Å². The molecular weight excluding hydrogens is 484 g/mol. The van der Waals surface area contributed by atoms with Crippen LogP contribution in [0.4, 0.5) is 0 Å². The van der Waals surface area contributed by atoms with Gasteiger partial charge in [0, 0.05) is 43.4 Å². The van der Waals surface area contributed by atoms with Crippen molar-refractivity contribution in [2.45, 2.75) is 126 Å². The molecule has 7 heteroatoms. The van der Waals surface area contributed by atoms with Gasteiger partial charge >= 0.3 is 17.9 Å². The molecule has 0 aromatic carbocycles. The second-order valence-corrected chi connectivity index (χ2v) is 13.2. The maximum absolute atomic E-state index is 12.7. The Morgan fingerprint density at radius 2 is 1.55 bits per heavy atom. The Hall–Kier alpha value is -1.89. The van der Waals surface area contributed by atoms with Crippen LogP contribution in [0, 0.1) is 39.9 Å². The molecule has 0 aromatic rings. The molecule has 3 aliphatic rings. The molecule has 3 rings (SSSR count). The number of carbonyl (C=O) groups excluding carboxylic acids is 3. The van der Waals surface area contributed by atoms with E-state index < -0.39 is 52.7 Å². The SMILES string of the molecule is CCC1C2(C)CCC3C(C)(O)C(C)=CC(OC(C)=O)C3(C)C2C(OC(C)=O)C(OC(C)=O)C1(CC)C(C)C. The Morgan fingerprint density at radius 1 is 1.00 bits per heavy atom. The van der Waals surface area contributed by atoms with Gasteiger partial charge in [-0.25, -0.2) is 0 Å². The third-order valence-corrected chi connectivity index (χ3v) is 11.2. The maximum Gasteiger partial charge on any atom is 0.303 e. The van der Waals surface area contributed by atoms with Crippen LogP contribution in [-0.4, -0.2) is 46.9 Å². The Kier molecular flexibility index (Phi) is 8.27. The van der Waals surface area contributed by atoms with Gasteiger partial charge in [0.2, 0.25) is 0 Å². The summed E-state index contributed by atoms with van der Waals surface area (Å²) in [5.41, 5.74) is -1.93. The smallest absolute Gasteiger partial charge is 0.303 e.